The lowest BCUT2D eigenvalue weighted by molar-refractivity contribution is 0.251. The number of carbonyl (C=O) groups excluding carboxylic acids is 1. The molecule has 0 saturated heterocycles. The highest BCUT2D eigenvalue weighted by Crippen LogP contribution is 2.19. The molecule has 23 heavy (non-hydrogen) atoms. The van der Waals surface area contributed by atoms with E-state index in [1.165, 1.54) is 5.56 Å². The fraction of sp³-hybridized carbons (Fsp3) is 0.235. The fourth-order valence-corrected chi connectivity index (χ4v) is 2.09. The van der Waals surface area contributed by atoms with E-state index in [1.807, 2.05) is 30.3 Å². The molecule has 0 saturated carbocycles. The second-order valence-electron chi connectivity index (χ2n) is 5.05. The van der Waals surface area contributed by atoms with E-state index in [4.69, 9.17) is 0 Å². The zero-order chi connectivity index (χ0) is 16.7. The molecular formula is C17H17F3N2O. The summed E-state index contributed by atoms with van der Waals surface area (Å²) in [5.41, 5.74) is 0.825. The van der Waals surface area contributed by atoms with Crippen LogP contribution in [0.3, 0.4) is 0 Å². The summed E-state index contributed by atoms with van der Waals surface area (Å²) in [5, 5.41) is 4.70. The number of anilines is 1. The van der Waals surface area contributed by atoms with Crippen molar-refractivity contribution >= 4 is 11.7 Å². The van der Waals surface area contributed by atoms with Gasteiger partial charge in [0.2, 0.25) is 0 Å². The second-order valence-corrected chi connectivity index (χ2v) is 5.05. The summed E-state index contributed by atoms with van der Waals surface area (Å²) in [6, 6.07) is 11.0. The van der Waals surface area contributed by atoms with Gasteiger partial charge < -0.3 is 10.6 Å². The van der Waals surface area contributed by atoms with Crippen LogP contribution < -0.4 is 10.6 Å². The minimum Gasteiger partial charge on any atom is -0.338 e. The lowest BCUT2D eigenvalue weighted by Crippen LogP contribution is -2.30. The third kappa shape index (κ3) is 5.02. The van der Waals surface area contributed by atoms with Crippen LogP contribution in [-0.2, 0) is 6.42 Å². The SMILES string of the molecule is O=C(NCCCCc1ccccc1)Nc1ccc(F)c(F)c1F. The summed E-state index contributed by atoms with van der Waals surface area (Å²) in [6.45, 7) is 0.407. The van der Waals surface area contributed by atoms with Crippen LogP contribution in [0, 0.1) is 17.5 Å². The first-order chi connectivity index (χ1) is 11.1. The van der Waals surface area contributed by atoms with Gasteiger partial charge in [0.15, 0.2) is 17.5 Å². The van der Waals surface area contributed by atoms with E-state index in [0.717, 1.165) is 31.4 Å². The van der Waals surface area contributed by atoms with E-state index >= 15 is 0 Å². The number of aryl methyl sites for hydroxylation is 1. The van der Waals surface area contributed by atoms with E-state index in [-0.39, 0.29) is 0 Å². The lowest BCUT2D eigenvalue weighted by atomic mass is 10.1. The third-order valence-electron chi connectivity index (χ3n) is 3.30. The maximum atomic E-state index is 13.4. The predicted octanol–water partition coefficient (Wildman–Crippen LogP) is 4.25. The minimum absolute atomic E-state index is 0.398. The normalized spacial score (nSPS) is 10.4. The van der Waals surface area contributed by atoms with E-state index in [2.05, 4.69) is 10.6 Å². The third-order valence-corrected chi connectivity index (χ3v) is 3.30. The van der Waals surface area contributed by atoms with Crippen molar-refractivity contribution < 1.29 is 18.0 Å². The first-order valence-corrected chi connectivity index (χ1v) is 7.30. The number of hydrogen-bond donors (Lipinski definition) is 2. The van der Waals surface area contributed by atoms with Crippen molar-refractivity contribution in [2.75, 3.05) is 11.9 Å². The molecule has 2 aromatic rings. The Kier molecular flexibility index (Phi) is 6.02. The number of carbonyl (C=O) groups is 1. The van der Waals surface area contributed by atoms with Crippen LogP contribution >= 0.6 is 0 Å². The topological polar surface area (TPSA) is 41.1 Å². The highest BCUT2D eigenvalue weighted by atomic mass is 19.2. The number of rotatable bonds is 6. The zero-order valence-corrected chi connectivity index (χ0v) is 12.4. The Labute approximate surface area is 132 Å². The van der Waals surface area contributed by atoms with Crippen molar-refractivity contribution in [3.05, 3.63) is 65.5 Å². The van der Waals surface area contributed by atoms with E-state index in [0.29, 0.717) is 6.54 Å². The molecule has 122 valence electrons. The van der Waals surface area contributed by atoms with Gasteiger partial charge in [0.25, 0.3) is 0 Å². The first-order valence-electron chi connectivity index (χ1n) is 7.30. The van der Waals surface area contributed by atoms with Gasteiger partial charge in [-0.1, -0.05) is 30.3 Å². The number of amides is 2. The molecule has 6 heteroatoms. The van der Waals surface area contributed by atoms with Crippen LogP contribution in [0.5, 0.6) is 0 Å². The number of unbranched alkanes of at least 4 members (excludes halogenated alkanes) is 1. The molecule has 2 rings (SSSR count). The van der Waals surface area contributed by atoms with E-state index in [9.17, 15) is 18.0 Å². The largest absolute Gasteiger partial charge is 0.338 e. The molecule has 0 aliphatic rings. The fourth-order valence-electron chi connectivity index (χ4n) is 2.09. The Morgan fingerprint density at radius 3 is 2.39 bits per heavy atom. The summed E-state index contributed by atoms with van der Waals surface area (Å²) in [5.74, 6) is -4.32. The standard InChI is InChI=1S/C17H17F3N2O/c18-13-9-10-14(16(20)15(13)19)22-17(23)21-11-5-4-8-12-6-2-1-3-7-12/h1-3,6-7,9-10H,4-5,8,11H2,(H2,21,22,23). The molecule has 0 aliphatic heterocycles. The molecule has 2 aromatic carbocycles. The van der Waals surface area contributed by atoms with E-state index in [1.54, 1.807) is 0 Å². The van der Waals surface area contributed by atoms with Gasteiger partial charge in [-0.2, -0.15) is 0 Å². The molecule has 3 nitrogen and oxygen atoms in total. The van der Waals surface area contributed by atoms with Crippen molar-refractivity contribution in [1.82, 2.24) is 5.32 Å². The molecule has 0 spiro atoms. The Bertz CT molecular complexity index is 662. The summed E-state index contributed by atoms with van der Waals surface area (Å²) >= 11 is 0. The van der Waals surface area contributed by atoms with Crippen LogP contribution in [0.2, 0.25) is 0 Å². The van der Waals surface area contributed by atoms with Gasteiger partial charge in [-0.25, -0.2) is 18.0 Å². The van der Waals surface area contributed by atoms with Crippen LogP contribution in [-0.4, -0.2) is 12.6 Å². The summed E-state index contributed by atoms with van der Waals surface area (Å²) in [7, 11) is 0. The Morgan fingerprint density at radius 1 is 0.913 bits per heavy atom. The summed E-state index contributed by atoms with van der Waals surface area (Å²) in [6.07, 6.45) is 2.55. The smallest absolute Gasteiger partial charge is 0.319 e. The maximum absolute atomic E-state index is 13.4. The molecular weight excluding hydrogens is 305 g/mol. The highest BCUT2D eigenvalue weighted by Gasteiger charge is 2.14. The molecule has 0 aromatic heterocycles. The van der Waals surface area contributed by atoms with Crippen molar-refractivity contribution in [2.45, 2.75) is 19.3 Å². The number of nitrogens with one attached hydrogen (secondary N) is 2. The summed E-state index contributed by atoms with van der Waals surface area (Å²) < 4.78 is 39.2. The molecule has 0 fully saturated rings. The summed E-state index contributed by atoms with van der Waals surface area (Å²) in [4.78, 5) is 11.6. The van der Waals surface area contributed by atoms with Gasteiger partial charge in [0.05, 0.1) is 5.69 Å². The molecule has 0 bridgehead atoms. The van der Waals surface area contributed by atoms with Gasteiger partial charge in [0.1, 0.15) is 0 Å². The molecule has 0 aliphatic carbocycles. The second kappa shape index (κ2) is 8.22. The zero-order valence-electron chi connectivity index (χ0n) is 12.4. The molecule has 2 N–H and O–H groups in total. The van der Waals surface area contributed by atoms with Crippen LogP contribution in [0.25, 0.3) is 0 Å². The highest BCUT2D eigenvalue weighted by molar-refractivity contribution is 5.89. The average Bonchev–Trinajstić information content (AvgIpc) is 2.56. The quantitative estimate of drug-likeness (QED) is 0.606. The average molecular weight is 322 g/mol. The van der Waals surface area contributed by atoms with Crippen molar-refractivity contribution in [3.8, 4) is 0 Å². The Hall–Kier alpha value is -2.50. The van der Waals surface area contributed by atoms with Gasteiger partial charge in [0, 0.05) is 6.54 Å². The molecule has 0 atom stereocenters. The van der Waals surface area contributed by atoms with Crippen molar-refractivity contribution in [3.63, 3.8) is 0 Å². The lowest BCUT2D eigenvalue weighted by Gasteiger charge is -2.09. The first kappa shape index (κ1) is 16.9. The number of urea groups is 1. The molecule has 0 radical (unpaired) electrons. The van der Waals surface area contributed by atoms with E-state index < -0.39 is 29.2 Å². The Morgan fingerprint density at radius 2 is 1.65 bits per heavy atom. The molecule has 0 heterocycles. The van der Waals surface area contributed by atoms with Gasteiger partial charge in [-0.15, -0.1) is 0 Å². The Balaban J connectivity index is 1.70. The number of benzene rings is 2. The van der Waals surface area contributed by atoms with Crippen LogP contribution in [0.4, 0.5) is 23.7 Å². The van der Waals surface area contributed by atoms with Gasteiger partial charge in [-0.3, -0.25) is 0 Å². The molecule has 0 unspecified atom stereocenters. The van der Waals surface area contributed by atoms with Gasteiger partial charge in [-0.05, 0) is 37.0 Å². The molecule has 2 amide bonds. The monoisotopic (exact) mass is 322 g/mol. The van der Waals surface area contributed by atoms with Crippen LogP contribution in [0.1, 0.15) is 18.4 Å². The van der Waals surface area contributed by atoms with Crippen molar-refractivity contribution in [2.24, 2.45) is 0 Å². The maximum Gasteiger partial charge on any atom is 0.319 e. The number of halogens is 3. The van der Waals surface area contributed by atoms with Crippen molar-refractivity contribution in [1.29, 1.82) is 0 Å². The predicted molar refractivity (Wildman–Crippen MR) is 82.7 cm³/mol. The van der Waals surface area contributed by atoms with Gasteiger partial charge >= 0.3 is 6.03 Å². The minimum atomic E-state index is -1.61. The number of hydrogen-bond acceptors (Lipinski definition) is 1. The van der Waals surface area contributed by atoms with Crippen LogP contribution in [0.15, 0.2) is 42.5 Å².